The van der Waals surface area contributed by atoms with Gasteiger partial charge in [0.2, 0.25) is 5.91 Å². The number of benzene rings is 2. The minimum Gasteiger partial charge on any atom is -0.495 e. The molecule has 0 aromatic heterocycles. The lowest BCUT2D eigenvalue weighted by molar-refractivity contribution is -0.148. The fourth-order valence-electron chi connectivity index (χ4n) is 2.68. The third kappa shape index (κ3) is 8.47. The van der Waals surface area contributed by atoms with E-state index in [0.717, 1.165) is 11.1 Å². The summed E-state index contributed by atoms with van der Waals surface area (Å²) in [6.45, 7) is 3.36. The Morgan fingerprint density at radius 2 is 1.81 bits per heavy atom. The van der Waals surface area contributed by atoms with Gasteiger partial charge in [-0.05, 0) is 61.7 Å². The summed E-state index contributed by atoms with van der Waals surface area (Å²) in [5.74, 6) is -0.341. The highest BCUT2D eigenvalue weighted by Gasteiger charge is 2.11. The van der Waals surface area contributed by atoms with E-state index in [-0.39, 0.29) is 13.0 Å². The zero-order chi connectivity index (χ0) is 23.5. The normalized spacial score (nSPS) is 10.2. The first-order chi connectivity index (χ1) is 15.3. The van der Waals surface area contributed by atoms with E-state index in [1.807, 2.05) is 26.0 Å². The van der Waals surface area contributed by atoms with Crippen LogP contribution in [0.5, 0.6) is 11.5 Å². The molecule has 0 aliphatic heterocycles. The van der Waals surface area contributed by atoms with E-state index in [4.69, 9.17) is 25.8 Å². The molecule has 9 heteroatoms. The summed E-state index contributed by atoms with van der Waals surface area (Å²) in [5.41, 5.74) is 2.36. The Morgan fingerprint density at radius 3 is 2.53 bits per heavy atom. The molecule has 2 aromatic rings. The standard InChI is InChI=1S/C23H27ClN2O6/c1-15-6-9-20(30-3)19(11-15)26-21(27)13-25-22(28)14-32-23(29)5-4-10-31-17-7-8-18(24)16(2)12-17/h6-9,11-12H,4-5,10,13-14H2,1-3H3,(H,25,28)(H,26,27). The first kappa shape index (κ1) is 25.0. The largest absolute Gasteiger partial charge is 0.495 e. The minimum absolute atomic E-state index is 0.105. The summed E-state index contributed by atoms with van der Waals surface area (Å²) in [6, 6.07) is 10.7. The SMILES string of the molecule is COc1ccc(C)cc1NC(=O)CNC(=O)COC(=O)CCCOc1ccc(Cl)c(C)c1. The molecule has 2 aromatic carbocycles. The van der Waals surface area contributed by atoms with Gasteiger partial charge >= 0.3 is 5.97 Å². The number of esters is 1. The van der Waals surface area contributed by atoms with Crippen LogP contribution in [0.4, 0.5) is 5.69 Å². The monoisotopic (exact) mass is 462 g/mol. The van der Waals surface area contributed by atoms with Crippen molar-refractivity contribution >= 4 is 35.1 Å². The number of nitrogens with one attached hydrogen (secondary N) is 2. The van der Waals surface area contributed by atoms with Crippen LogP contribution in [0.15, 0.2) is 36.4 Å². The number of hydrogen-bond acceptors (Lipinski definition) is 6. The minimum atomic E-state index is -0.572. The maximum atomic E-state index is 12.1. The lowest BCUT2D eigenvalue weighted by Gasteiger charge is -2.11. The molecule has 0 aliphatic rings. The van der Waals surface area contributed by atoms with Gasteiger partial charge in [-0.25, -0.2) is 0 Å². The van der Waals surface area contributed by atoms with Crippen molar-refractivity contribution in [3.8, 4) is 11.5 Å². The van der Waals surface area contributed by atoms with E-state index >= 15 is 0 Å². The van der Waals surface area contributed by atoms with Crippen LogP contribution in [0, 0.1) is 13.8 Å². The van der Waals surface area contributed by atoms with E-state index in [1.165, 1.54) is 7.11 Å². The van der Waals surface area contributed by atoms with Crippen molar-refractivity contribution in [1.82, 2.24) is 5.32 Å². The van der Waals surface area contributed by atoms with E-state index in [9.17, 15) is 14.4 Å². The van der Waals surface area contributed by atoms with Gasteiger partial charge in [0.25, 0.3) is 5.91 Å². The number of methoxy groups -OCH3 is 1. The van der Waals surface area contributed by atoms with E-state index in [1.54, 1.807) is 24.3 Å². The topological polar surface area (TPSA) is 103 Å². The highest BCUT2D eigenvalue weighted by atomic mass is 35.5. The second-order valence-corrected chi connectivity index (χ2v) is 7.46. The number of amides is 2. The van der Waals surface area contributed by atoms with Gasteiger partial charge < -0.3 is 24.8 Å². The third-order valence-corrected chi connectivity index (χ3v) is 4.79. The molecule has 2 N–H and O–H groups in total. The van der Waals surface area contributed by atoms with E-state index in [0.29, 0.717) is 35.2 Å². The van der Waals surface area contributed by atoms with Crippen molar-refractivity contribution in [2.24, 2.45) is 0 Å². The molecular weight excluding hydrogens is 436 g/mol. The predicted octanol–water partition coefficient (Wildman–Crippen LogP) is 3.42. The van der Waals surface area contributed by atoms with Crippen molar-refractivity contribution < 1.29 is 28.6 Å². The molecule has 0 aliphatic carbocycles. The molecule has 0 saturated carbocycles. The van der Waals surface area contributed by atoms with E-state index < -0.39 is 24.4 Å². The average molecular weight is 463 g/mol. The number of anilines is 1. The number of halogens is 1. The molecule has 0 unspecified atom stereocenters. The summed E-state index contributed by atoms with van der Waals surface area (Å²) in [5, 5.41) is 5.73. The predicted molar refractivity (Wildman–Crippen MR) is 121 cm³/mol. The Balaban J connectivity index is 1.61. The van der Waals surface area contributed by atoms with Gasteiger partial charge in [0.15, 0.2) is 6.61 Å². The van der Waals surface area contributed by atoms with Gasteiger partial charge in [-0.1, -0.05) is 17.7 Å². The van der Waals surface area contributed by atoms with Gasteiger partial charge in [0, 0.05) is 11.4 Å². The molecule has 0 bridgehead atoms. The van der Waals surface area contributed by atoms with Crippen LogP contribution in [0.1, 0.15) is 24.0 Å². The zero-order valence-electron chi connectivity index (χ0n) is 18.3. The molecule has 0 atom stereocenters. The molecular formula is C23H27ClN2O6. The number of carbonyl (C=O) groups is 3. The quantitative estimate of drug-likeness (QED) is 0.392. The smallest absolute Gasteiger partial charge is 0.306 e. The second-order valence-electron chi connectivity index (χ2n) is 7.05. The summed E-state index contributed by atoms with van der Waals surface area (Å²) in [6.07, 6.45) is 0.538. The molecule has 2 rings (SSSR count). The van der Waals surface area contributed by atoms with Crippen molar-refractivity contribution in [3.63, 3.8) is 0 Å². The van der Waals surface area contributed by atoms with Gasteiger partial charge in [-0.15, -0.1) is 0 Å². The van der Waals surface area contributed by atoms with Crippen LogP contribution in [-0.4, -0.2) is 44.7 Å². The Bertz CT molecular complexity index is 963. The lowest BCUT2D eigenvalue weighted by atomic mass is 10.2. The highest BCUT2D eigenvalue weighted by Crippen LogP contribution is 2.25. The van der Waals surface area contributed by atoms with Crippen molar-refractivity contribution in [1.29, 1.82) is 0 Å². The Morgan fingerprint density at radius 1 is 1.03 bits per heavy atom. The van der Waals surface area contributed by atoms with Crippen molar-refractivity contribution in [2.75, 3.05) is 32.2 Å². The summed E-state index contributed by atoms with van der Waals surface area (Å²) < 4.78 is 15.7. The van der Waals surface area contributed by atoms with Crippen LogP contribution in [0.3, 0.4) is 0 Å². The Kier molecular flexibility index (Phi) is 9.81. The molecule has 32 heavy (non-hydrogen) atoms. The lowest BCUT2D eigenvalue weighted by Crippen LogP contribution is -2.35. The van der Waals surface area contributed by atoms with Crippen molar-refractivity contribution in [3.05, 3.63) is 52.5 Å². The second kappa shape index (κ2) is 12.6. The molecule has 172 valence electrons. The van der Waals surface area contributed by atoms with Gasteiger partial charge in [-0.2, -0.15) is 0 Å². The number of hydrogen-bond donors (Lipinski definition) is 2. The van der Waals surface area contributed by atoms with E-state index in [2.05, 4.69) is 10.6 Å². The van der Waals surface area contributed by atoms with Crippen molar-refractivity contribution in [2.45, 2.75) is 26.7 Å². The Hall–Kier alpha value is -3.26. The van der Waals surface area contributed by atoms with Gasteiger partial charge in [0.1, 0.15) is 11.5 Å². The number of aryl methyl sites for hydroxylation is 2. The molecule has 0 heterocycles. The first-order valence-corrected chi connectivity index (χ1v) is 10.4. The zero-order valence-corrected chi connectivity index (χ0v) is 19.1. The number of ether oxygens (including phenoxy) is 3. The summed E-state index contributed by atoms with van der Waals surface area (Å²) in [7, 11) is 1.50. The third-order valence-electron chi connectivity index (χ3n) is 4.36. The van der Waals surface area contributed by atoms with Crippen LogP contribution >= 0.6 is 11.6 Å². The maximum absolute atomic E-state index is 12.1. The van der Waals surface area contributed by atoms with Crippen LogP contribution < -0.4 is 20.1 Å². The highest BCUT2D eigenvalue weighted by molar-refractivity contribution is 6.31. The molecule has 0 fully saturated rings. The number of carbonyl (C=O) groups excluding carboxylic acids is 3. The molecule has 0 saturated heterocycles. The fourth-order valence-corrected chi connectivity index (χ4v) is 2.79. The van der Waals surface area contributed by atoms with Crippen LogP contribution in [0.25, 0.3) is 0 Å². The van der Waals surface area contributed by atoms with Crippen LogP contribution in [-0.2, 0) is 19.1 Å². The molecule has 0 radical (unpaired) electrons. The average Bonchev–Trinajstić information content (AvgIpc) is 2.76. The fraction of sp³-hybridized carbons (Fsp3) is 0.348. The van der Waals surface area contributed by atoms with Gasteiger partial charge in [-0.3, -0.25) is 14.4 Å². The maximum Gasteiger partial charge on any atom is 0.306 e. The molecule has 2 amide bonds. The molecule has 0 spiro atoms. The molecule has 8 nitrogen and oxygen atoms in total. The Labute approximate surface area is 192 Å². The number of rotatable bonds is 11. The summed E-state index contributed by atoms with van der Waals surface area (Å²) in [4.78, 5) is 35.7. The summed E-state index contributed by atoms with van der Waals surface area (Å²) >= 11 is 5.96. The van der Waals surface area contributed by atoms with Crippen LogP contribution in [0.2, 0.25) is 5.02 Å². The first-order valence-electron chi connectivity index (χ1n) is 10.0. The van der Waals surface area contributed by atoms with Gasteiger partial charge in [0.05, 0.1) is 25.9 Å².